The highest BCUT2D eigenvalue weighted by molar-refractivity contribution is 5.79. The normalized spacial score (nSPS) is 21.8. The van der Waals surface area contributed by atoms with E-state index in [2.05, 4.69) is 10.2 Å². The van der Waals surface area contributed by atoms with E-state index in [1.54, 1.807) is 0 Å². The Bertz CT molecular complexity index is 335. The second-order valence-electron chi connectivity index (χ2n) is 5.54. The van der Waals surface area contributed by atoms with Gasteiger partial charge in [-0.05, 0) is 12.8 Å². The highest BCUT2D eigenvalue weighted by Gasteiger charge is 2.28. The molecule has 2 fully saturated rings. The average molecular weight is 283 g/mol. The number of ether oxygens (including phenoxy) is 1. The van der Waals surface area contributed by atoms with Crippen molar-refractivity contribution >= 4 is 11.8 Å². The molecule has 0 aromatic rings. The van der Waals surface area contributed by atoms with Gasteiger partial charge in [-0.1, -0.05) is 0 Å². The Balaban J connectivity index is 1.68. The van der Waals surface area contributed by atoms with Crippen molar-refractivity contribution < 1.29 is 14.3 Å². The van der Waals surface area contributed by atoms with Gasteiger partial charge in [0.15, 0.2) is 0 Å². The molecule has 0 aromatic heterocycles. The molecule has 2 heterocycles. The van der Waals surface area contributed by atoms with Gasteiger partial charge in [0, 0.05) is 65.3 Å². The van der Waals surface area contributed by atoms with Crippen LogP contribution in [0.3, 0.4) is 0 Å². The second-order valence-corrected chi connectivity index (χ2v) is 5.54. The fourth-order valence-electron chi connectivity index (χ4n) is 2.78. The first-order valence-corrected chi connectivity index (χ1v) is 7.50. The van der Waals surface area contributed by atoms with Crippen LogP contribution in [-0.4, -0.2) is 74.1 Å². The molecule has 2 aliphatic heterocycles. The minimum absolute atomic E-state index is 0.0123. The van der Waals surface area contributed by atoms with Gasteiger partial charge in [0.25, 0.3) is 0 Å². The molecule has 0 unspecified atom stereocenters. The van der Waals surface area contributed by atoms with Crippen molar-refractivity contribution in [2.24, 2.45) is 5.92 Å². The van der Waals surface area contributed by atoms with Crippen LogP contribution >= 0.6 is 0 Å². The van der Waals surface area contributed by atoms with E-state index in [-0.39, 0.29) is 11.8 Å². The fraction of sp³-hybridized carbons (Fsp3) is 0.857. The average Bonchev–Trinajstić information content (AvgIpc) is 2.48. The predicted molar refractivity (Wildman–Crippen MR) is 75.2 cm³/mol. The third kappa shape index (κ3) is 4.45. The minimum Gasteiger partial charge on any atom is -0.381 e. The topological polar surface area (TPSA) is 61.9 Å². The molecule has 6 nitrogen and oxygen atoms in total. The number of hydrogen-bond donors (Lipinski definition) is 1. The van der Waals surface area contributed by atoms with Gasteiger partial charge >= 0.3 is 0 Å². The number of carbonyl (C=O) groups excluding carboxylic acids is 2. The van der Waals surface area contributed by atoms with Gasteiger partial charge in [0.2, 0.25) is 11.8 Å². The summed E-state index contributed by atoms with van der Waals surface area (Å²) in [7, 11) is 0. The van der Waals surface area contributed by atoms with Gasteiger partial charge in [0.05, 0.1) is 0 Å². The molecule has 2 aliphatic rings. The maximum absolute atomic E-state index is 12.4. The van der Waals surface area contributed by atoms with Crippen LogP contribution in [0.1, 0.15) is 19.8 Å². The van der Waals surface area contributed by atoms with Crippen molar-refractivity contribution in [3.8, 4) is 0 Å². The molecular formula is C14H25N3O3. The van der Waals surface area contributed by atoms with Crippen LogP contribution in [0.4, 0.5) is 0 Å². The summed E-state index contributed by atoms with van der Waals surface area (Å²) in [6, 6.07) is 0. The lowest BCUT2D eigenvalue weighted by Gasteiger charge is -2.37. The standard InChI is InChI=1S/C14H25N3O3/c1-12(18)15-4-5-16-6-8-17(9-7-16)14(19)13-2-10-20-11-3-13/h13H,2-11H2,1H3,(H,15,18). The van der Waals surface area contributed by atoms with E-state index in [0.717, 1.165) is 45.6 Å². The highest BCUT2D eigenvalue weighted by Crippen LogP contribution is 2.18. The molecule has 1 N–H and O–H groups in total. The largest absolute Gasteiger partial charge is 0.381 e. The van der Waals surface area contributed by atoms with Crippen molar-refractivity contribution in [3.63, 3.8) is 0 Å². The van der Waals surface area contributed by atoms with Gasteiger partial charge in [-0.25, -0.2) is 0 Å². The molecule has 0 radical (unpaired) electrons. The lowest BCUT2D eigenvalue weighted by atomic mass is 9.98. The van der Waals surface area contributed by atoms with Crippen molar-refractivity contribution in [1.82, 2.24) is 15.1 Å². The van der Waals surface area contributed by atoms with E-state index in [9.17, 15) is 9.59 Å². The summed E-state index contributed by atoms with van der Waals surface area (Å²) in [5.74, 6) is 0.475. The quantitative estimate of drug-likeness (QED) is 0.769. The van der Waals surface area contributed by atoms with E-state index < -0.39 is 0 Å². The van der Waals surface area contributed by atoms with Gasteiger partial charge in [-0.2, -0.15) is 0 Å². The van der Waals surface area contributed by atoms with E-state index in [4.69, 9.17) is 4.74 Å². The van der Waals surface area contributed by atoms with Crippen molar-refractivity contribution in [2.75, 3.05) is 52.5 Å². The van der Waals surface area contributed by atoms with Crippen molar-refractivity contribution in [3.05, 3.63) is 0 Å². The van der Waals surface area contributed by atoms with Crippen LogP contribution in [0.25, 0.3) is 0 Å². The molecule has 6 heteroatoms. The summed E-state index contributed by atoms with van der Waals surface area (Å²) < 4.78 is 5.30. The summed E-state index contributed by atoms with van der Waals surface area (Å²) in [6.07, 6.45) is 1.73. The number of rotatable bonds is 4. The number of hydrogen-bond acceptors (Lipinski definition) is 4. The number of nitrogens with zero attached hydrogens (tertiary/aromatic N) is 2. The first-order chi connectivity index (χ1) is 9.66. The number of piperazine rings is 1. The first kappa shape index (κ1) is 15.3. The van der Waals surface area contributed by atoms with Gasteiger partial charge in [-0.15, -0.1) is 0 Å². The maximum Gasteiger partial charge on any atom is 0.225 e. The fourth-order valence-corrected chi connectivity index (χ4v) is 2.78. The summed E-state index contributed by atoms with van der Waals surface area (Å²) in [4.78, 5) is 27.5. The Morgan fingerprint density at radius 2 is 1.80 bits per heavy atom. The maximum atomic E-state index is 12.4. The summed E-state index contributed by atoms with van der Waals surface area (Å²) in [6.45, 7) is 7.91. The Morgan fingerprint density at radius 3 is 2.40 bits per heavy atom. The first-order valence-electron chi connectivity index (χ1n) is 7.50. The smallest absolute Gasteiger partial charge is 0.225 e. The van der Waals surface area contributed by atoms with E-state index >= 15 is 0 Å². The minimum atomic E-state index is 0.0123. The molecule has 2 saturated heterocycles. The molecule has 0 saturated carbocycles. The SMILES string of the molecule is CC(=O)NCCN1CCN(C(=O)C2CCOCC2)CC1. The second kappa shape index (κ2) is 7.59. The zero-order valence-electron chi connectivity index (χ0n) is 12.3. The zero-order valence-corrected chi connectivity index (χ0v) is 12.3. The molecule has 0 atom stereocenters. The lowest BCUT2D eigenvalue weighted by molar-refractivity contribution is -0.140. The van der Waals surface area contributed by atoms with E-state index in [0.29, 0.717) is 25.7 Å². The summed E-state index contributed by atoms with van der Waals surface area (Å²) >= 11 is 0. The predicted octanol–water partition coefficient (Wildman–Crippen LogP) is -0.307. The van der Waals surface area contributed by atoms with Crippen LogP contribution in [0.2, 0.25) is 0 Å². The third-order valence-electron chi connectivity index (χ3n) is 4.06. The van der Waals surface area contributed by atoms with Crippen LogP contribution < -0.4 is 5.32 Å². The summed E-state index contributed by atoms with van der Waals surface area (Å²) in [5.41, 5.74) is 0. The van der Waals surface area contributed by atoms with Crippen LogP contribution in [0, 0.1) is 5.92 Å². The molecule has 20 heavy (non-hydrogen) atoms. The Labute approximate surface area is 120 Å². The molecule has 0 bridgehead atoms. The van der Waals surface area contributed by atoms with Crippen molar-refractivity contribution in [2.45, 2.75) is 19.8 Å². The van der Waals surface area contributed by atoms with Crippen LogP contribution in [0.15, 0.2) is 0 Å². The van der Waals surface area contributed by atoms with Gasteiger partial charge in [0.1, 0.15) is 0 Å². The third-order valence-corrected chi connectivity index (χ3v) is 4.06. The molecular weight excluding hydrogens is 258 g/mol. The Morgan fingerprint density at radius 1 is 1.15 bits per heavy atom. The highest BCUT2D eigenvalue weighted by atomic mass is 16.5. The molecule has 0 spiro atoms. The van der Waals surface area contributed by atoms with Crippen LogP contribution in [-0.2, 0) is 14.3 Å². The summed E-state index contributed by atoms with van der Waals surface area (Å²) in [5, 5.41) is 2.80. The Kier molecular flexibility index (Phi) is 5.79. The van der Waals surface area contributed by atoms with Gasteiger partial charge in [-0.3, -0.25) is 14.5 Å². The lowest BCUT2D eigenvalue weighted by Crippen LogP contribution is -2.52. The number of amides is 2. The number of nitrogens with one attached hydrogen (secondary N) is 1. The molecule has 114 valence electrons. The van der Waals surface area contributed by atoms with Crippen molar-refractivity contribution in [1.29, 1.82) is 0 Å². The van der Waals surface area contributed by atoms with E-state index in [1.807, 2.05) is 4.90 Å². The molecule has 2 amide bonds. The Hall–Kier alpha value is -1.14. The zero-order chi connectivity index (χ0) is 14.4. The van der Waals surface area contributed by atoms with Crippen LogP contribution in [0.5, 0.6) is 0 Å². The molecule has 2 rings (SSSR count). The van der Waals surface area contributed by atoms with Gasteiger partial charge < -0.3 is 15.0 Å². The number of carbonyl (C=O) groups is 2. The monoisotopic (exact) mass is 283 g/mol. The molecule has 0 aromatic carbocycles. The van der Waals surface area contributed by atoms with E-state index in [1.165, 1.54) is 6.92 Å². The molecule has 0 aliphatic carbocycles.